The summed E-state index contributed by atoms with van der Waals surface area (Å²) in [7, 11) is 0. The molecule has 1 aliphatic carbocycles. The average molecular weight is 427 g/mol. The van der Waals surface area contributed by atoms with E-state index in [4.69, 9.17) is 0 Å². The van der Waals surface area contributed by atoms with E-state index in [1.54, 1.807) is 11.3 Å². The van der Waals surface area contributed by atoms with Gasteiger partial charge in [0, 0.05) is 46.3 Å². The third kappa shape index (κ3) is 5.20. The molecule has 1 amide bonds. The molecule has 0 bridgehead atoms. The smallest absolute Gasteiger partial charge is 0.225 e. The number of aliphatic imine (C=N–C) groups is 1. The maximum atomic E-state index is 12.6. The molecule has 1 aliphatic heterocycles. The largest absolute Gasteiger partial charge is 0.357 e. The molecule has 1 atom stereocenters. The second kappa shape index (κ2) is 9.03. The Morgan fingerprint density at radius 1 is 1.40 bits per heavy atom. The fourth-order valence-electron chi connectivity index (χ4n) is 3.62. The number of rotatable bonds is 5. The molecule has 1 aromatic heterocycles. The number of hydrogen-bond acceptors (Lipinski definition) is 3. The topological polar surface area (TPSA) is 56.7 Å². The van der Waals surface area contributed by atoms with Gasteiger partial charge in [0.25, 0.3) is 0 Å². The third-order valence-corrected chi connectivity index (χ3v) is 6.59. The minimum Gasteiger partial charge on any atom is -0.357 e. The van der Waals surface area contributed by atoms with Crippen molar-refractivity contribution < 1.29 is 4.79 Å². The molecule has 2 fully saturated rings. The lowest BCUT2D eigenvalue weighted by atomic mass is 10.1. The van der Waals surface area contributed by atoms with Gasteiger partial charge in [-0.15, -0.1) is 11.3 Å². The maximum absolute atomic E-state index is 12.6. The van der Waals surface area contributed by atoms with Crippen LogP contribution in [0.5, 0.6) is 0 Å². The molecule has 1 saturated carbocycles. The molecule has 138 valence electrons. The molecule has 0 spiro atoms. The van der Waals surface area contributed by atoms with Crippen LogP contribution >= 0.6 is 27.3 Å². The molecule has 3 rings (SSSR count). The zero-order valence-corrected chi connectivity index (χ0v) is 17.2. The van der Waals surface area contributed by atoms with Crippen molar-refractivity contribution in [2.75, 3.05) is 19.6 Å². The number of nitrogens with one attached hydrogen (secondary N) is 2. The number of guanidine groups is 1. The molecular weight excluding hydrogens is 400 g/mol. The van der Waals surface area contributed by atoms with Crippen LogP contribution < -0.4 is 10.6 Å². The lowest BCUT2D eigenvalue weighted by Gasteiger charge is -2.21. The van der Waals surface area contributed by atoms with Crippen molar-refractivity contribution in [2.45, 2.75) is 51.6 Å². The molecule has 1 aromatic rings. The van der Waals surface area contributed by atoms with Gasteiger partial charge >= 0.3 is 0 Å². The van der Waals surface area contributed by atoms with E-state index in [1.165, 1.54) is 17.7 Å². The summed E-state index contributed by atoms with van der Waals surface area (Å²) in [4.78, 5) is 20.5. The second-order valence-corrected chi connectivity index (χ2v) is 8.73. The van der Waals surface area contributed by atoms with Gasteiger partial charge in [0.15, 0.2) is 5.96 Å². The summed E-state index contributed by atoms with van der Waals surface area (Å²) in [5, 5.41) is 8.90. The van der Waals surface area contributed by atoms with Gasteiger partial charge in [-0.2, -0.15) is 0 Å². The number of likely N-dealkylation sites (tertiary alicyclic amines) is 1. The molecule has 2 N–H and O–H groups in total. The van der Waals surface area contributed by atoms with E-state index < -0.39 is 0 Å². The van der Waals surface area contributed by atoms with Crippen LogP contribution in [0.4, 0.5) is 0 Å². The average Bonchev–Trinajstić information content (AvgIpc) is 3.34. The molecule has 2 heterocycles. The van der Waals surface area contributed by atoms with E-state index >= 15 is 0 Å². The summed E-state index contributed by atoms with van der Waals surface area (Å²) in [5.74, 6) is 1.48. The molecule has 5 nitrogen and oxygen atoms in total. The van der Waals surface area contributed by atoms with Gasteiger partial charge in [-0.1, -0.05) is 12.8 Å². The standard InChI is InChI=1S/C18H27BrN4OS/c1-2-20-18(21-10-16-9-14(19)12-25-16)22-15-7-8-23(11-15)17(24)13-5-3-4-6-13/h9,12-13,15H,2-8,10-11H2,1H3,(H2,20,21,22). The molecule has 1 saturated heterocycles. The highest BCUT2D eigenvalue weighted by atomic mass is 79.9. The van der Waals surface area contributed by atoms with Crippen molar-refractivity contribution in [3.8, 4) is 0 Å². The summed E-state index contributed by atoms with van der Waals surface area (Å²) in [5.41, 5.74) is 0. The number of hydrogen-bond donors (Lipinski definition) is 2. The second-order valence-electron chi connectivity index (χ2n) is 6.82. The van der Waals surface area contributed by atoms with E-state index in [1.807, 2.05) is 4.90 Å². The highest BCUT2D eigenvalue weighted by Gasteiger charge is 2.32. The summed E-state index contributed by atoms with van der Waals surface area (Å²) >= 11 is 5.19. The van der Waals surface area contributed by atoms with Crippen LogP contribution in [0.2, 0.25) is 0 Å². The van der Waals surface area contributed by atoms with Crippen molar-refractivity contribution >= 4 is 39.1 Å². The number of carbonyl (C=O) groups excluding carboxylic acids is 1. The summed E-state index contributed by atoms with van der Waals surface area (Å²) < 4.78 is 1.11. The van der Waals surface area contributed by atoms with E-state index in [0.29, 0.717) is 18.5 Å². The Kier molecular flexibility index (Phi) is 6.76. The van der Waals surface area contributed by atoms with E-state index in [2.05, 4.69) is 49.9 Å². The van der Waals surface area contributed by atoms with Crippen molar-refractivity contribution in [3.05, 3.63) is 20.8 Å². The Morgan fingerprint density at radius 2 is 2.20 bits per heavy atom. The molecule has 7 heteroatoms. The lowest BCUT2D eigenvalue weighted by Crippen LogP contribution is -2.45. The number of amides is 1. The zero-order chi connectivity index (χ0) is 17.6. The monoisotopic (exact) mass is 426 g/mol. The first-order chi connectivity index (χ1) is 12.2. The fourth-order valence-corrected chi connectivity index (χ4v) is 4.99. The van der Waals surface area contributed by atoms with Gasteiger partial charge in [0.05, 0.1) is 6.54 Å². The Bertz CT molecular complexity index is 612. The predicted octanol–water partition coefficient (Wildman–Crippen LogP) is 3.36. The number of halogens is 1. The third-order valence-electron chi connectivity index (χ3n) is 4.90. The van der Waals surface area contributed by atoms with Crippen molar-refractivity contribution in [1.29, 1.82) is 0 Å². The number of carbonyl (C=O) groups is 1. The van der Waals surface area contributed by atoms with E-state index in [-0.39, 0.29) is 5.92 Å². The molecule has 25 heavy (non-hydrogen) atoms. The van der Waals surface area contributed by atoms with Gasteiger partial charge in [0.1, 0.15) is 0 Å². The van der Waals surface area contributed by atoms with Gasteiger partial charge in [-0.25, -0.2) is 4.99 Å². The normalized spacial score (nSPS) is 21.8. The van der Waals surface area contributed by atoms with Crippen molar-refractivity contribution in [1.82, 2.24) is 15.5 Å². The zero-order valence-electron chi connectivity index (χ0n) is 14.8. The highest BCUT2D eigenvalue weighted by Crippen LogP contribution is 2.27. The SMILES string of the molecule is CCNC(=NCc1cc(Br)cs1)NC1CCN(C(=O)C2CCCC2)C1. The first kappa shape index (κ1) is 18.7. The molecular formula is C18H27BrN4OS. The molecule has 0 radical (unpaired) electrons. The first-order valence-corrected chi connectivity index (χ1v) is 10.9. The van der Waals surface area contributed by atoms with E-state index in [0.717, 1.165) is 49.3 Å². The van der Waals surface area contributed by atoms with Crippen LogP contribution in [0.15, 0.2) is 20.9 Å². The summed E-state index contributed by atoms with van der Waals surface area (Å²) in [6, 6.07) is 2.40. The van der Waals surface area contributed by atoms with Crippen LogP contribution in [-0.4, -0.2) is 42.4 Å². The van der Waals surface area contributed by atoms with Crippen LogP contribution in [0.25, 0.3) is 0 Å². The summed E-state index contributed by atoms with van der Waals surface area (Å²) in [6.45, 7) is 5.23. The van der Waals surface area contributed by atoms with Crippen LogP contribution in [0.1, 0.15) is 43.9 Å². The Hall–Kier alpha value is -1.08. The Morgan fingerprint density at radius 3 is 2.88 bits per heavy atom. The van der Waals surface area contributed by atoms with Gasteiger partial charge in [-0.3, -0.25) is 4.79 Å². The van der Waals surface area contributed by atoms with Crippen molar-refractivity contribution in [3.63, 3.8) is 0 Å². The summed E-state index contributed by atoms with van der Waals surface area (Å²) in [6.07, 6.45) is 5.57. The predicted molar refractivity (Wildman–Crippen MR) is 107 cm³/mol. The van der Waals surface area contributed by atoms with Crippen LogP contribution in [0.3, 0.4) is 0 Å². The van der Waals surface area contributed by atoms with Crippen LogP contribution in [-0.2, 0) is 11.3 Å². The molecule has 0 aromatic carbocycles. The minimum absolute atomic E-state index is 0.276. The van der Waals surface area contributed by atoms with Gasteiger partial charge in [0.2, 0.25) is 5.91 Å². The molecule has 1 unspecified atom stereocenters. The van der Waals surface area contributed by atoms with Crippen LogP contribution in [0, 0.1) is 5.92 Å². The van der Waals surface area contributed by atoms with Gasteiger partial charge in [-0.05, 0) is 48.2 Å². The Labute approximate surface area is 162 Å². The first-order valence-electron chi connectivity index (χ1n) is 9.22. The van der Waals surface area contributed by atoms with Crippen molar-refractivity contribution in [2.24, 2.45) is 10.9 Å². The molecule has 2 aliphatic rings. The minimum atomic E-state index is 0.276. The van der Waals surface area contributed by atoms with E-state index in [9.17, 15) is 4.79 Å². The highest BCUT2D eigenvalue weighted by molar-refractivity contribution is 9.10. The Balaban J connectivity index is 1.52. The van der Waals surface area contributed by atoms with Gasteiger partial charge < -0.3 is 15.5 Å². The quantitative estimate of drug-likeness (QED) is 0.560. The number of thiophene rings is 1. The maximum Gasteiger partial charge on any atom is 0.225 e. The fraction of sp³-hybridized carbons (Fsp3) is 0.667. The number of nitrogens with zero attached hydrogens (tertiary/aromatic N) is 2. The lowest BCUT2D eigenvalue weighted by molar-refractivity contribution is -0.134.